The van der Waals surface area contributed by atoms with Crippen molar-refractivity contribution in [3.8, 4) is 0 Å². The van der Waals surface area contributed by atoms with Gasteiger partial charge in [-0.05, 0) is 0 Å². The van der Waals surface area contributed by atoms with E-state index in [-0.39, 0.29) is 0 Å². The summed E-state index contributed by atoms with van der Waals surface area (Å²) in [5, 5.41) is 8.35. The minimum atomic E-state index is -1.16. The Labute approximate surface area is 42.6 Å². The quantitative estimate of drug-likeness (QED) is 0.348. The van der Waals surface area contributed by atoms with Crippen LogP contribution in [0.15, 0.2) is 0 Å². The average Bonchev–Trinajstić information content (AvgIpc) is 1.68. The molecule has 0 rings (SSSR count). The lowest BCUT2D eigenvalue weighted by molar-refractivity contribution is 0.108. The van der Waals surface area contributed by atoms with Crippen molar-refractivity contribution in [2.75, 3.05) is 14.2 Å². The van der Waals surface area contributed by atoms with Gasteiger partial charge in [0.25, 0.3) is 0 Å². The third-order valence-electron chi connectivity index (χ3n) is 0.420. The topological polar surface area (TPSA) is 50.7 Å². The Hall–Kier alpha value is -0.0951. The largest absolute Gasteiger partial charge is 0.654 e. The SMILES string of the molecule is CNOB(O)OC. The summed E-state index contributed by atoms with van der Waals surface area (Å²) in [5.74, 6) is 0. The maximum Gasteiger partial charge on any atom is 0.654 e. The van der Waals surface area contributed by atoms with Gasteiger partial charge in [0.1, 0.15) is 0 Å². The van der Waals surface area contributed by atoms with Gasteiger partial charge in [-0.25, -0.2) is 5.48 Å². The average molecular weight is 105 g/mol. The Bertz CT molecular complexity index is 43.9. The predicted molar refractivity (Wildman–Crippen MR) is 25.1 cm³/mol. The van der Waals surface area contributed by atoms with Crippen LogP contribution in [0.4, 0.5) is 0 Å². The van der Waals surface area contributed by atoms with Gasteiger partial charge in [0.2, 0.25) is 0 Å². The second-order valence-electron chi connectivity index (χ2n) is 0.865. The van der Waals surface area contributed by atoms with Gasteiger partial charge >= 0.3 is 7.32 Å². The third kappa shape index (κ3) is 3.74. The molecule has 0 aromatic heterocycles. The number of hydrogen-bond acceptors (Lipinski definition) is 4. The molecule has 0 saturated carbocycles. The second kappa shape index (κ2) is 4.07. The summed E-state index contributed by atoms with van der Waals surface area (Å²) >= 11 is 0. The van der Waals surface area contributed by atoms with Crippen molar-refractivity contribution in [2.45, 2.75) is 0 Å². The molecule has 0 aromatic carbocycles. The van der Waals surface area contributed by atoms with E-state index in [2.05, 4.69) is 14.9 Å². The third-order valence-corrected chi connectivity index (χ3v) is 0.420. The van der Waals surface area contributed by atoms with Gasteiger partial charge in [0, 0.05) is 14.2 Å². The molecule has 7 heavy (non-hydrogen) atoms. The van der Waals surface area contributed by atoms with Crippen molar-refractivity contribution in [2.24, 2.45) is 0 Å². The standard InChI is InChI=1S/C2H8BNO3/c1-4-7-3(5)6-2/h4-5H,1-2H3. The lowest BCUT2D eigenvalue weighted by atomic mass is 10.3. The van der Waals surface area contributed by atoms with E-state index in [1.54, 1.807) is 0 Å². The van der Waals surface area contributed by atoms with Crippen LogP contribution < -0.4 is 5.48 Å². The first-order valence-electron chi connectivity index (χ1n) is 1.84. The van der Waals surface area contributed by atoms with Crippen molar-refractivity contribution in [3.63, 3.8) is 0 Å². The molecular weight excluding hydrogens is 96.8 g/mol. The molecule has 0 bridgehead atoms. The first kappa shape index (κ1) is 6.90. The van der Waals surface area contributed by atoms with E-state index in [4.69, 9.17) is 5.02 Å². The monoisotopic (exact) mass is 105 g/mol. The highest BCUT2D eigenvalue weighted by molar-refractivity contribution is 6.34. The molecule has 0 aliphatic carbocycles. The van der Waals surface area contributed by atoms with Crippen LogP contribution in [0.1, 0.15) is 0 Å². The number of nitrogens with one attached hydrogen (secondary N) is 1. The smallest absolute Gasteiger partial charge is 0.401 e. The molecule has 0 amide bonds. The van der Waals surface area contributed by atoms with E-state index in [1.807, 2.05) is 0 Å². The number of hydroxylamine groups is 1. The van der Waals surface area contributed by atoms with Gasteiger partial charge in [0.05, 0.1) is 0 Å². The first-order chi connectivity index (χ1) is 3.31. The maximum absolute atomic E-state index is 8.35. The van der Waals surface area contributed by atoms with Crippen molar-refractivity contribution in [3.05, 3.63) is 0 Å². The molecule has 0 unspecified atom stereocenters. The van der Waals surface area contributed by atoms with E-state index in [0.29, 0.717) is 0 Å². The fourth-order valence-electron chi connectivity index (χ4n) is 0.149. The lowest BCUT2D eigenvalue weighted by Crippen LogP contribution is -2.26. The Morgan fingerprint density at radius 1 is 1.71 bits per heavy atom. The van der Waals surface area contributed by atoms with E-state index in [0.717, 1.165) is 0 Å². The van der Waals surface area contributed by atoms with Crippen LogP contribution in [0.3, 0.4) is 0 Å². The molecule has 0 aromatic rings. The molecule has 0 heterocycles. The summed E-state index contributed by atoms with van der Waals surface area (Å²) in [7, 11) is 1.70. The van der Waals surface area contributed by atoms with E-state index in [1.165, 1.54) is 14.2 Å². The number of hydrogen-bond donors (Lipinski definition) is 2. The molecule has 0 aliphatic rings. The molecule has 0 atom stereocenters. The van der Waals surface area contributed by atoms with Crippen LogP contribution >= 0.6 is 0 Å². The first-order valence-corrected chi connectivity index (χ1v) is 1.84. The van der Waals surface area contributed by atoms with Crippen LogP contribution in [0.2, 0.25) is 0 Å². The van der Waals surface area contributed by atoms with Crippen LogP contribution in [0.5, 0.6) is 0 Å². The zero-order valence-corrected chi connectivity index (χ0v) is 4.34. The molecule has 0 spiro atoms. The summed E-state index contributed by atoms with van der Waals surface area (Å²) in [6.45, 7) is 0. The van der Waals surface area contributed by atoms with Gasteiger partial charge in [-0.3, -0.25) is 0 Å². The fourth-order valence-corrected chi connectivity index (χ4v) is 0.149. The molecule has 0 fully saturated rings. The number of rotatable bonds is 3. The van der Waals surface area contributed by atoms with Crippen LogP contribution in [-0.2, 0) is 9.41 Å². The molecule has 5 heteroatoms. The molecule has 42 valence electrons. The van der Waals surface area contributed by atoms with Crippen molar-refractivity contribution >= 4 is 7.32 Å². The predicted octanol–water partition coefficient (Wildman–Crippen LogP) is -1.24. The van der Waals surface area contributed by atoms with Gasteiger partial charge in [0.15, 0.2) is 0 Å². The summed E-state index contributed by atoms with van der Waals surface area (Å²) in [5.41, 5.74) is 2.24. The lowest BCUT2D eigenvalue weighted by Gasteiger charge is -1.99. The normalized spacial score (nSPS) is 9.00. The molecule has 0 saturated heterocycles. The zero-order chi connectivity index (χ0) is 5.70. The molecule has 0 aliphatic heterocycles. The van der Waals surface area contributed by atoms with Crippen molar-refractivity contribution in [1.82, 2.24) is 5.48 Å². The van der Waals surface area contributed by atoms with E-state index >= 15 is 0 Å². The van der Waals surface area contributed by atoms with Crippen LogP contribution in [0.25, 0.3) is 0 Å². The molecule has 0 radical (unpaired) electrons. The minimum Gasteiger partial charge on any atom is -0.401 e. The Morgan fingerprint density at radius 2 is 2.29 bits per heavy atom. The van der Waals surface area contributed by atoms with Gasteiger partial charge < -0.3 is 14.4 Å². The molecule has 2 N–H and O–H groups in total. The van der Waals surface area contributed by atoms with Crippen LogP contribution in [-0.4, -0.2) is 26.5 Å². The van der Waals surface area contributed by atoms with Crippen LogP contribution in [0, 0.1) is 0 Å². The molecule has 4 nitrogen and oxygen atoms in total. The van der Waals surface area contributed by atoms with Gasteiger partial charge in [-0.2, -0.15) is 0 Å². The van der Waals surface area contributed by atoms with Crippen molar-refractivity contribution in [1.29, 1.82) is 0 Å². The summed E-state index contributed by atoms with van der Waals surface area (Å²) in [6.07, 6.45) is 0. The van der Waals surface area contributed by atoms with E-state index < -0.39 is 7.32 Å². The summed E-state index contributed by atoms with van der Waals surface area (Å²) in [6, 6.07) is 0. The van der Waals surface area contributed by atoms with Crippen molar-refractivity contribution < 1.29 is 14.4 Å². The Balaban J connectivity index is 2.83. The fraction of sp³-hybridized carbons (Fsp3) is 1.00. The zero-order valence-electron chi connectivity index (χ0n) is 4.34. The highest BCUT2D eigenvalue weighted by Crippen LogP contribution is 1.71. The molecular formula is C2H8BNO3. The Morgan fingerprint density at radius 3 is 2.43 bits per heavy atom. The van der Waals surface area contributed by atoms with E-state index in [9.17, 15) is 0 Å². The van der Waals surface area contributed by atoms with Gasteiger partial charge in [-0.15, -0.1) is 0 Å². The Kier molecular flexibility index (Phi) is 4.02. The minimum absolute atomic E-state index is 1.16. The second-order valence-corrected chi connectivity index (χ2v) is 0.865. The highest BCUT2D eigenvalue weighted by atomic mass is 16.8. The maximum atomic E-state index is 8.35. The highest BCUT2D eigenvalue weighted by Gasteiger charge is 2.10. The summed E-state index contributed by atoms with van der Waals surface area (Å²) in [4.78, 5) is 0. The van der Waals surface area contributed by atoms with Gasteiger partial charge in [-0.1, -0.05) is 0 Å². The summed E-state index contributed by atoms with van der Waals surface area (Å²) < 4.78 is 8.54.